The molecule has 2 heterocycles. The van der Waals surface area contributed by atoms with Crippen molar-refractivity contribution in [2.45, 2.75) is 24.9 Å². The van der Waals surface area contributed by atoms with Crippen molar-refractivity contribution in [2.24, 2.45) is 5.92 Å². The Kier molecular flexibility index (Phi) is 1.34. The summed E-state index contributed by atoms with van der Waals surface area (Å²) in [5, 5.41) is 1.04. The van der Waals surface area contributed by atoms with E-state index in [4.69, 9.17) is 4.74 Å². The van der Waals surface area contributed by atoms with Crippen LogP contribution in [0.3, 0.4) is 0 Å². The van der Waals surface area contributed by atoms with E-state index in [-0.39, 0.29) is 5.60 Å². The molecule has 2 bridgehead atoms. The van der Waals surface area contributed by atoms with Crippen molar-refractivity contribution in [3.63, 3.8) is 0 Å². The molecule has 3 aliphatic rings. The third-order valence-electron chi connectivity index (χ3n) is 2.50. The summed E-state index contributed by atoms with van der Waals surface area (Å²) >= 11 is 3.48. The fraction of sp³-hybridized carbons (Fsp3) is 1.00. The number of ether oxygens (including phenoxy) is 1. The van der Waals surface area contributed by atoms with Crippen LogP contribution in [0.25, 0.3) is 0 Å². The lowest BCUT2D eigenvalue weighted by atomic mass is 9.68. The van der Waals surface area contributed by atoms with Crippen LogP contribution in [0.1, 0.15) is 19.3 Å². The van der Waals surface area contributed by atoms with Crippen LogP contribution in [-0.2, 0) is 4.74 Å². The number of alkyl halides is 1. The lowest BCUT2D eigenvalue weighted by Gasteiger charge is -2.51. The third kappa shape index (κ3) is 0.838. The zero-order valence-corrected chi connectivity index (χ0v) is 6.99. The predicted octanol–water partition coefficient (Wildman–Crippen LogP) is 1.95. The van der Waals surface area contributed by atoms with E-state index in [0.29, 0.717) is 0 Å². The zero-order valence-electron chi connectivity index (χ0n) is 5.40. The Balaban J connectivity index is 2.02. The number of hydrogen-bond donors (Lipinski definition) is 0. The molecule has 2 heteroatoms. The van der Waals surface area contributed by atoms with Crippen LogP contribution < -0.4 is 0 Å². The van der Waals surface area contributed by atoms with E-state index in [2.05, 4.69) is 15.9 Å². The Hall–Kier alpha value is 0.440. The van der Waals surface area contributed by atoms with Crippen molar-refractivity contribution in [1.29, 1.82) is 0 Å². The second kappa shape index (κ2) is 1.96. The summed E-state index contributed by atoms with van der Waals surface area (Å²) in [6, 6.07) is 0. The Morgan fingerprint density at radius 3 is 2.67 bits per heavy atom. The molecule has 2 saturated heterocycles. The lowest BCUT2D eigenvalue weighted by Crippen LogP contribution is -2.52. The summed E-state index contributed by atoms with van der Waals surface area (Å²) in [6.07, 6.45) is 3.91. The first kappa shape index (κ1) is 6.17. The average molecular weight is 191 g/mol. The molecule has 0 atom stereocenters. The first-order valence-corrected chi connectivity index (χ1v) is 4.67. The molecule has 3 fully saturated rings. The largest absolute Gasteiger partial charge is 0.374 e. The topological polar surface area (TPSA) is 9.23 Å². The minimum Gasteiger partial charge on any atom is -0.374 e. The molecular formula is C7H11BrO. The number of fused-ring (bicyclic) bond motifs is 2. The van der Waals surface area contributed by atoms with E-state index < -0.39 is 0 Å². The van der Waals surface area contributed by atoms with E-state index >= 15 is 0 Å². The van der Waals surface area contributed by atoms with Gasteiger partial charge in [0.05, 0.1) is 5.60 Å². The van der Waals surface area contributed by atoms with Gasteiger partial charge in [0.1, 0.15) is 0 Å². The van der Waals surface area contributed by atoms with Crippen LogP contribution >= 0.6 is 15.9 Å². The smallest absolute Gasteiger partial charge is 0.0784 e. The van der Waals surface area contributed by atoms with E-state index in [1.54, 1.807) is 0 Å². The van der Waals surface area contributed by atoms with Crippen molar-refractivity contribution >= 4 is 15.9 Å². The van der Waals surface area contributed by atoms with Gasteiger partial charge in [0.15, 0.2) is 0 Å². The second-order valence-electron chi connectivity index (χ2n) is 3.23. The second-order valence-corrected chi connectivity index (χ2v) is 3.79. The van der Waals surface area contributed by atoms with Crippen molar-refractivity contribution in [3.8, 4) is 0 Å². The molecular weight excluding hydrogens is 180 g/mol. The first-order valence-electron chi connectivity index (χ1n) is 3.55. The molecule has 52 valence electrons. The Bertz CT molecular complexity index is 113. The van der Waals surface area contributed by atoms with Gasteiger partial charge >= 0.3 is 0 Å². The normalized spacial score (nSPS) is 48.3. The minimum absolute atomic E-state index is 0.281. The molecule has 0 radical (unpaired) electrons. The maximum Gasteiger partial charge on any atom is 0.0784 e. The molecule has 0 aromatic carbocycles. The maximum absolute atomic E-state index is 5.63. The highest BCUT2D eigenvalue weighted by Gasteiger charge is 2.47. The molecule has 9 heavy (non-hydrogen) atoms. The molecule has 1 nitrogen and oxygen atoms in total. The van der Waals surface area contributed by atoms with Crippen LogP contribution in [0.4, 0.5) is 0 Å². The van der Waals surface area contributed by atoms with E-state index in [0.717, 1.165) is 17.9 Å². The fourth-order valence-corrected chi connectivity index (χ4v) is 2.52. The van der Waals surface area contributed by atoms with Crippen LogP contribution in [0, 0.1) is 5.92 Å². The quantitative estimate of drug-likeness (QED) is 0.575. The lowest BCUT2D eigenvalue weighted by molar-refractivity contribution is -0.161. The highest BCUT2D eigenvalue weighted by atomic mass is 79.9. The molecule has 1 aliphatic carbocycles. The van der Waals surface area contributed by atoms with Gasteiger partial charge in [-0.1, -0.05) is 15.9 Å². The van der Waals surface area contributed by atoms with Gasteiger partial charge < -0.3 is 4.74 Å². The first-order chi connectivity index (χ1) is 4.35. The van der Waals surface area contributed by atoms with E-state index in [1.807, 2.05) is 0 Å². The number of rotatable bonds is 1. The highest BCUT2D eigenvalue weighted by molar-refractivity contribution is 9.09. The standard InChI is InChI=1S/C7H11BrO/c8-5-7-3-6(4-7)1-2-9-7/h6H,1-5H2. The van der Waals surface area contributed by atoms with Crippen molar-refractivity contribution in [3.05, 3.63) is 0 Å². The van der Waals surface area contributed by atoms with Gasteiger partial charge in [-0.2, -0.15) is 0 Å². The molecule has 1 saturated carbocycles. The van der Waals surface area contributed by atoms with Gasteiger partial charge in [-0.3, -0.25) is 0 Å². The summed E-state index contributed by atoms with van der Waals surface area (Å²) in [5.41, 5.74) is 0.281. The van der Waals surface area contributed by atoms with E-state index in [1.165, 1.54) is 19.3 Å². The van der Waals surface area contributed by atoms with Crippen LogP contribution in [0.2, 0.25) is 0 Å². The monoisotopic (exact) mass is 190 g/mol. The minimum atomic E-state index is 0.281. The Labute approximate surface area is 63.9 Å². The summed E-state index contributed by atoms with van der Waals surface area (Å²) in [4.78, 5) is 0. The van der Waals surface area contributed by atoms with Gasteiger partial charge in [0.25, 0.3) is 0 Å². The van der Waals surface area contributed by atoms with Crippen molar-refractivity contribution in [1.82, 2.24) is 0 Å². The number of halogens is 1. The molecule has 0 unspecified atom stereocenters. The van der Waals surface area contributed by atoms with Gasteiger partial charge in [-0.05, 0) is 25.2 Å². The molecule has 3 rings (SSSR count). The molecule has 0 amide bonds. The van der Waals surface area contributed by atoms with Gasteiger partial charge in [-0.15, -0.1) is 0 Å². The molecule has 2 aliphatic heterocycles. The SMILES string of the molecule is BrCC12CC(CCO1)C2. The van der Waals surface area contributed by atoms with Crippen molar-refractivity contribution < 1.29 is 4.74 Å². The van der Waals surface area contributed by atoms with Gasteiger partial charge in [-0.25, -0.2) is 0 Å². The Morgan fingerprint density at radius 1 is 1.56 bits per heavy atom. The van der Waals surface area contributed by atoms with Crippen LogP contribution in [-0.4, -0.2) is 17.5 Å². The van der Waals surface area contributed by atoms with Crippen LogP contribution in [0.5, 0.6) is 0 Å². The molecule has 0 aromatic heterocycles. The molecule has 0 spiro atoms. The average Bonchev–Trinajstić information content (AvgIpc) is 1.88. The highest BCUT2D eigenvalue weighted by Crippen LogP contribution is 2.47. The summed E-state index contributed by atoms with van der Waals surface area (Å²) < 4.78 is 5.63. The Morgan fingerprint density at radius 2 is 2.33 bits per heavy atom. The summed E-state index contributed by atoms with van der Waals surface area (Å²) in [5.74, 6) is 0.997. The summed E-state index contributed by atoms with van der Waals surface area (Å²) in [6.45, 7) is 0.996. The zero-order chi connectivity index (χ0) is 6.32. The van der Waals surface area contributed by atoms with Crippen LogP contribution in [0.15, 0.2) is 0 Å². The fourth-order valence-electron chi connectivity index (χ4n) is 1.90. The third-order valence-corrected chi connectivity index (χ3v) is 3.52. The van der Waals surface area contributed by atoms with Crippen molar-refractivity contribution in [2.75, 3.05) is 11.9 Å². The number of hydrogen-bond acceptors (Lipinski definition) is 1. The summed E-state index contributed by atoms with van der Waals surface area (Å²) in [7, 11) is 0. The van der Waals surface area contributed by atoms with Gasteiger partial charge in [0.2, 0.25) is 0 Å². The van der Waals surface area contributed by atoms with E-state index in [9.17, 15) is 0 Å². The molecule has 0 N–H and O–H groups in total. The molecule has 0 aromatic rings. The van der Waals surface area contributed by atoms with Gasteiger partial charge in [0, 0.05) is 11.9 Å². The maximum atomic E-state index is 5.63. The predicted molar refractivity (Wildman–Crippen MR) is 39.8 cm³/mol.